The Morgan fingerprint density at radius 3 is 2.42 bits per heavy atom. The Labute approximate surface area is 122 Å². The molecule has 0 spiro atoms. The van der Waals surface area contributed by atoms with Crippen molar-refractivity contribution in [3.63, 3.8) is 0 Å². The minimum atomic E-state index is -0.411. The Morgan fingerprint density at radius 1 is 1.21 bits per heavy atom. The molecule has 0 aliphatic heterocycles. The molecule has 106 valence electrons. The third-order valence-corrected chi connectivity index (χ3v) is 5.61. The third-order valence-electron chi connectivity index (χ3n) is 4.40. The third kappa shape index (κ3) is 3.56. The summed E-state index contributed by atoms with van der Waals surface area (Å²) >= 11 is 3.69. The quantitative estimate of drug-likeness (QED) is 0.656. The molecule has 0 aromatic heterocycles. The molecule has 0 amide bonds. The average Bonchev–Trinajstić information content (AvgIpc) is 2.35. The van der Waals surface area contributed by atoms with Crippen LogP contribution in [-0.4, -0.2) is 4.83 Å². The van der Waals surface area contributed by atoms with Crippen molar-refractivity contribution in [2.75, 3.05) is 0 Å². The van der Waals surface area contributed by atoms with Gasteiger partial charge in [0.05, 0.1) is 0 Å². The highest BCUT2D eigenvalue weighted by molar-refractivity contribution is 9.09. The van der Waals surface area contributed by atoms with Crippen LogP contribution in [0.15, 0.2) is 18.2 Å². The molecule has 0 heterocycles. The first-order chi connectivity index (χ1) is 8.99. The molecule has 1 aromatic rings. The lowest BCUT2D eigenvalue weighted by molar-refractivity contribution is 0.221. The molecule has 1 saturated carbocycles. The summed E-state index contributed by atoms with van der Waals surface area (Å²) in [6.45, 7) is 4.47. The van der Waals surface area contributed by atoms with Crippen LogP contribution in [0.1, 0.15) is 38.7 Å². The SMILES string of the molecule is CC(C)C1CCC(Br)C(Cc2c(F)cccc2F)C1. The monoisotopic (exact) mass is 330 g/mol. The summed E-state index contributed by atoms with van der Waals surface area (Å²) < 4.78 is 27.5. The fourth-order valence-corrected chi connectivity index (χ4v) is 3.74. The van der Waals surface area contributed by atoms with Gasteiger partial charge in [-0.3, -0.25) is 0 Å². The van der Waals surface area contributed by atoms with Crippen LogP contribution in [-0.2, 0) is 6.42 Å². The van der Waals surface area contributed by atoms with Crippen LogP contribution in [0.4, 0.5) is 8.78 Å². The highest BCUT2D eigenvalue weighted by Crippen LogP contribution is 2.39. The molecule has 3 unspecified atom stereocenters. The number of hydrogen-bond acceptors (Lipinski definition) is 0. The molecule has 0 N–H and O–H groups in total. The maximum absolute atomic E-state index is 13.7. The van der Waals surface area contributed by atoms with Crippen LogP contribution >= 0.6 is 15.9 Å². The van der Waals surface area contributed by atoms with Gasteiger partial charge < -0.3 is 0 Å². The van der Waals surface area contributed by atoms with E-state index in [4.69, 9.17) is 0 Å². The molecule has 0 radical (unpaired) electrons. The summed E-state index contributed by atoms with van der Waals surface area (Å²) in [5.74, 6) is 0.826. The van der Waals surface area contributed by atoms with Crippen molar-refractivity contribution in [3.05, 3.63) is 35.4 Å². The fourth-order valence-electron chi connectivity index (χ4n) is 3.07. The molecule has 1 aliphatic carbocycles. The number of halogens is 3. The standard InChI is InChI=1S/C16H21BrF2/c1-10(2)11-6-7-14(17)12(8-11)9-13-15(18)4-3-5-16(13)19/h3-5,10-12,14H,6-9H2,1-2H3. The van der Waals surface area contributed by atoms with Crippen LogP contribution < -0.4 is 0 Å². The minimum absolute atomic E-state index is 0.251. The van der Waals surface area contributed by atoms with E-state index in [-0.39, 0.29) is 5.56 Å². The van der Waals surface area contributed by atoms with E-state index in [1.54, 1.807) is 0 Å². The lowest BCUT2D eigenvalue weighted by atomic mass is 9.74. The number of alkyl halides is 1. The predicted octanol–water partition coefficient (Wildman–Crippen LogP) is 5.34. The van der Waals surface area contributed by atoms with Gasteiger partial charge in [0.2, 0.25) is 0 Å². The van der Waals surface area contributed by atoms with E-state index in [0.717, 1.165) is 12.8 Å². The van der Waals surface area contributed by atoms with Gasteiger partial charge in [-0.25, -0.2) is 8.78 Å². The summed E-state index contributed by atoms with van der Waals surface area (Å²) in [5, 5.41) is 0. The number of benzene rings is 1. The van der Waals surface area contributed by atoms with E-state index < -0.39 is 11.6 Å². The van der Waals surface area contributed by atoms with Crippen molar-refractivity contribution in [1.82, 2.24) is 0 Å². The van der Waals surface area contributed by atoms with E-state index in [0.29, 0.717) is 29.0 Å². The van der Waals surface area contributed by atoms with Gasteiger partial charge in [-0.1, -0.05) is 35.8 Å². The summed E-state index contributed by atoms with van der Waals surface area (Å²) in [4.78, 5) is 0.376. The Bertz CT molecular complexity index is 411. The predicted molar refractivity (Wildman–Crippen MR) is 78.4 cm³/mol. The van der Waals surface area contributed by atoms with Crippen LogP contribution in [0, 0.1) is 29.4 Å². The van der Waals surface area contributed by atoms with Gasteiger partial charge in [-0.2, -0.15) is 0 Å². The molecule has 1 fully saturated rings. The normalized spacial score (nSPS) is 27.8. The van der Waals surface area contributed by atoms with Crippen molar-refractivity contribution in [3.8, 4) is 0 Å². The molecule has 3 atom stereocenters. The van der Waals surface area contributed by atoms with Gasteiger partial charge in [-0.05, 0) is 55.6 Å². The van der Waals surface area contributed by atoms with Crippen LogP contribution in [0.25, 0.3) is 0 Å². The number of rotatable bonds is 3. The van der Waals surface area contributed by atoms with Gasteiger partial charge in [0.25, 0.3) is 0 Å². The van der Waals surface area contributed by atoms with Crippen LogP contribution in [0.5, 0.6) is 0 Å². The molecule has 1 aliphatic rings. The summed E-state index contributed by atoms with van der Waals surface area (Å²) in [6.07, 6.45) is 3.87. The molecule has 0 nitrogen and oxygen atoms in total. The lowest BCUT2D eigenvalue weighted by Gasteiger charge is -2.35. The fraction of sp³-hybridized carbons (Fsp3) is 0.625. The Balaban J connectivity index is 2.12. The maximum atomic E-state index is 13.7. The van der Waals surface area contributed by atoms with Crippen molar-refractivity contribution in [2.45, 2.75) is 44.4 Å². The van der Waals surface area contributed by atoms with Crippen molar-refractivity contribution >= 4 is 15.9 Å². The van der Waals surface area contributed by atoms with E-state index in [9.17, 15) is 8.78 Å². The Kier molecular flexibility index (Phi) is 4.99. The van der Waals surface area contributed by atoms with Gasteiger partial charge in [0, 0.05) is 10.4 Å². The highest BCUT2D eigenvalue weighted by Gasteiger charge is 2.31. The Morgan fingerprint density at radius 2 is 1.84 bits per heavy atom. The second-order valence-electron chi connectivity index (χ2n) is 6.00. The van der Waals surface area contributed by atoms with E-state index in [2.05, 4.69) is 29.8 Å². The van der Waals surface area contributed by atoms with E-state index >= 15 is 0 Å². The smallest absolute Gasteiger partial charge is 0.129 e. The molecule has 2 rings (SSSR count). The van der Waals surface area contributed by atoms with Gasteiger partial charge in [0.1, 0.15) is 11.6 Å². The maximum Gasteiger partial charge on any atom is 0.129 e. The van der Waals surface area contributed by atoms with Crippen LogP contribution in [0.2, 0.25) is 0 Å². The second kappa shape index (κ2) is 6.34. The van der Waals surface area contributed by atoms with Gasteiger partial charge in [0.15, 0.2) is 0 Å². The van der Waals surface area contributed by atoms with Gasteiger partial charge in [-0.15, -0.1) is 0 Å². The summed E-state index contributed by atoms with van der Waals surface area (Å²) in [7, 11) is 0. The zero-order chi connectivity index (χ0) is 14.0. The second-order valence-corrected chi connectivity index (χ2v) is 7.17. The highest BCUT2D eigenvalue weighted by atomic mass is 79.9. The van der Waals surface area contributed by atoms with E-state index in [1.807, 2.05) is 0 Å². The first-order valence-electron chi connectivity index (χ1n) is 7.06. The van der Waals surface area contributed by atoms with Crippen LogP contribution in [0.3, 0.4) is 0 Å². The van der Waals surface area contributed by atoms with E-state index in [1.165, 1.54) is 24.6 Å². The molecule has 0 bridgehead atoms. The first kappa shape index (κ1) is 15.0. The topological polar surface area (TPSA) is 0 Å². The van der Waals surface area contributed by atoms with Gasteiger partial charge >= 0.3 is 0 Å². The first-order valence-corrected chi connectivity index (χ1v) is 7.97. The summed E-state index contributed by atoms with van der Waals surface area (Å²) in [6, 6.07) is 4.13. The largest absolute Gasteiger partial charge is 0.207 e. The molecule has 19 heavy (non-hydrogen) atoms. The Hall–Kier alpha value is -0.440. The average molecular weight is 331 g/mol. The zero-order valence-corrected chi connectivity index (χ0v) is 13.1. The molecule has 3 heteroatoms. The lowest BCUT2D eigenvalue weighted by Crippen LogP contribution is -2.29. The van der Waals surface area contributed by atoms with Crippen molar-refractivity contribution in [1.29, 1.82) is 0 Å². The van der Waals surface area contributed by atoms with Crippen molar-refractivity contribution in [2.24, 2.45) is 17.8 Å². The molecule has 1 aromatic carbocycles. The molecular weight excluding hydrogens is 310 g/mol. The zero-order valence-electron chi connectivity index (χ0n) is 11.5. The van der Waals surface area contributed by atoms with Crippen molar-refractivity contribution < 1.29 is 8.78 Å². The molecular formula is C16H21BrF2. The molecule has 0 saturated heterocycles. The number of hydrogen-bond donors (Lipinski definition) is 0. The minimum Gasteiger partial charge on any atom is -0.207 e. The summed E-state index contributed by atoms with van der Waals surface area (Å²) in [5.41, 5.74) is 0.251.